The standard InChI is InChI=1S/C13H18OS/c1-3-4-5-6-13(11(2)14)9-12-7-8-15-10-12/h7-10H,3-6H2,1-2H3. The molecule has 1 aromatic heterocycles. The zero-order chi connectivity index (χ0) is 11.1. The second kappa shape index (κ2) is 6.57. The van der Waals surface area contributed by atoms with Gasteiger partial charge in [-0.2, -0.15) is 11.3 Å². The van der Waals surface area contributed by atoms with Gasteiger partial charge in [0.1, 0.15) is 0 Å². The van der Waals surface area contributed by atoms with Gasteiger partial charge in [-0.05, 0) is 53.8 Å². The van der Waals surface area contributed by atoms with Crippen LogP contribution < -0.4 is 0 Å². The highest BCUT2D eigenvalue weighted by molar-refractivity contribution is 7.08. The number of ketones is 1. The second-order valence-corrected chi connectivity index (χ2v) is 4.52. The van der Waals surface area contributed by atoms with E-state index in [4.69, 9.17) is 0 Å². The molecule has 0 spiro atoms. The van der Waals surface area contributed by atoms with E-state index in [1.54, 1.807) is 18.3 Å². The van der Waals surface area contributed by atoms with Crippen LogP contribution in [0.25, 0.3) is 6.08 Å². The first-order valence-corrected chi connectivity index (χ1v) is 6.42. The molecule has 0 amide bonds. The Kier molecular flexibility index (Phi) is 5.33. The van der Waals surface area contributed by atoms with E-state index in [1.807, 2.05) is 17.5 Å². The first-order chi connectivity index (χ1) is 7.24. The Bertz CT molecular complexity index is 322. The van der Waals surface area contributed by atoms with Crippen molar-refractivity contribution in [3.63, 3.8) is 0 Å². The molecule has 2 heteroatoms. The molecule has 1 heterocycles. The number of allylic oxidation sites excluding steroid dienone is 1. The van der Waals surface area contributed by atoms with Gasteiger partial charge in [0.25, 0.3) is 0 Å². The summed E-state index contributed by atoms with van der Waals surface area (Å²) >= 11 is 1.67. The molecule has 0 N–H and O–H groups in total. The van der Waals surface area contributed by atoms with Crippen LogP contribution in [0.15, 0.2) is 22.4 Å². The molecule has 1 aromatic rings. The van der Waals surface area contributed by atoms with Gasteiger partial charge in [-0.15, -0.1) is 0 Å². The third kappa shape index (κ3) is 4.43. The molecule has 0 aliphatic carbocycles. The smallest absolute Gasteiger partial charge is 0.155 e. The summed E-state index contributed by atoms with van der Waals surface area (Å²) in [6, 6.07) is 2.05. The molecule has 0 bridgehead atoms. The maximum atomic E-state index is 11.4. The van der Waals surface area contributed by atoms with Crippen molar-refractivity contribution in [3.05, 3.63) is 28.0 Å². The van der Waals surface area contributed by atoms with Crippen molar-refractivity contribution >= 4 is 23.2 Å². The number of unbranched alkanes of at least 4 members (excludes halogenated alkanes) is 2. The van der Waals surface area contributed by atoms with E-state index >= 15 is 0 Å². The van der Waals surface area contributed by atoms with E-state index in [9.17, 15) is 4.79 Å². The fourth-order valence-electron chi connectivity index (χ4n) is 1.47. The Labute approximate surface area is 95.8 Å². The summed E-state index contributed by atoms with van der Waals surface area (Å²) in [5, 5.41) is 4.11. The van der Waals surface area contributed by atoms with Gasteiger partial charge < -0.3 is 0 Å². The summed E-state index contributed by atoms with van der Waals surface area (Å²) in [5.74, 6) is 0.206. The summed E-state index contributed by atoms with van der Waals surface area (Å²) in [5.41, 5.74) is 2.11. The van der Waals surface area contributed by atoms with E-state index in [2.05, 4.69) is 12.3 Å². The van der Waals surface area contributed by atoms with Crippen molar-refractivity contribution in [2.24, 2.45) is 0 Å². The fourth-order valence-corrected chi connectivity index (χ4v) is 2.09. The van der Waals surface area contributed by atoms with Crippen LogP contribution >= 0.6 is 11.3 Å². The lowest BCUT2D eigenvalue weighted by molar-refractivity contribution is -0.113. The quantitative estimate of drug-likeness (QED) is 0.518. The third-order valence-electron chi connectivity index (χ3n) is 2.39. The average Bonchev–Trinajstić information content (AvgIpc) is 2.69. The predicted molar refractivity (Wildman–Crippen MR) is 67.1 cm³/mol. The molecular weight excluding hydrogens is 204 g/mol. The van der Waals surface area contributed by atoms with Crippen molar-refractivity contribution in [1.29, 1.82) is 0 Å². The number of hydrogen-bond donors (Lipinski definition) is 0. The van der Waals surface area contributed by atoms with Gasteiger partial charge in [0.15, 0.2) is 5.78 Å². The molecule has 0 radical (unpaired) electrons. The van der Waals surface area contributed by atoms with Crippen LogP contribution in [-0.2, 0) is 4.79 Å². The zero-order valence-electron chi connectivity index (χ0n) is 9.45. The number of carbonyl (C=O) groups is 1. The maximum Gasteiger partial charge on any atom is 0.155 e. The molecule has 1 rings (SSSR count). The Morgan fingerprint density at radius 2 is 2.27 bits per heavy atom. The SMILES string of the molecule is CCCCCC(=Cc1ccsc1)C(C)=O. The monoisotopic (exact) mass is 222 g/mol. The molecule has 1 nitrogen and oxygen atoms in total. The molecule has 15 heavy (non-hydrogen) atoms. The molecule has 0 aliphatic rings. The second-order valence-electron chi connectivity index (χ2n) is 3.74. The summed E-state index contributed by atoms with van der Waals surface area (Å²) < 4.78 is 0. The molecule has 0 atom stereocenters. The molecule has 0 saturated heterocycles. The minimum atomic E-state index is 0.206. The van der Waals surface area contributed by atoms with Gasteiger partial charge in [0.2, 0.25) is 0 Å². The highest BCUT2D eigenvalue weighted by Crippen LogP contribution is 2.16. The lowest BCUT2D eigenvalue weighted by Gasteiger charge is -2.02. The molecule has 0 unspecified atom stereocenters. The maximum absolute atomic E-state index is 11.4. The van der Waals surface area contributed by atoms with E-state index < -0.39 is 0 Å². The van der Waals surface area contributed by atoms with Gasteiger partial charge in [0.05, 0.1) is 0 Å². The number of hydrogen-bond acceptors (Lipinski definition) is 2. The van der Waals surface area contributed by atoms with Crippen LogP contribution in [0.3, 0.4) is 0 Å². The lowest BCUT2D eigenvalue weighted by atomic mass is 10.0. The summed E-state index contributed by atoms with van der Waals surface area (Å²) in [4.78, 5) is 11.4. The van der Waals surface area contributed by atoms with E-state index in [-0.39, 0.29) is 5.78 Å². The topological polar surface area (TPSA) is 17.1 Å². The zero-order valence-corrected chi connectivity index (χ0v) is 10.3. The lowest BCUT2D eigenvalue weighted by Crippen LogP contribution is -1.96. The largest absolute Gasteiger partial charge is 0.295 e. The minimum Gasteiger partial charge on any atom is -0.295 e. The first kappa shape index (κ1) is 12.2. The first-order valence-electron chi connectivity index (χ1n) is 5.47. The van der Waals surface area contributed by atoms with Gasteiger partial charge in [-0.1, -0.05) is 19.8 Å². The van der Waals surface area contributed by atoms with Crippen molar-refractivity contribution in [2.45, 2.75) is 39.5 Å². The average molecular weight is 222 g/mol. The Hall–Kier alpha value is -0.890. The number of Topliss-reactive ketones (excluding diaryl/α,β-unsaturated/α-hetero) is 1. The van der Waals surface area contributed by atoms with Gasteiger partial charge in [-0.3, -0.25) is 4.79 Å². The predicted octanol–water partition coefficient (Wildman–Crippen LogP) is 4.30. The van der Waals surface area contributed by atoms with Gasteiger partial charge >= 0.3 is 0 Å². The van der Waals surface area contributed by atoms with Gasteiger partial charge in [-0.25, -0.2) is 0 Å². The van der Waals surface area contributed by atoms with Crippen LogP contribution in [0.5, 0.6) is 0 Å². The molecule has 0 aromatic carbocycles. The van der Waals surface area contributed by atoms with Crippen LogP contribution in [0.1, 0.15) is 45.1 Å². The summed E-state index contributed by atoms with van der Waals surface area (Å²) in [7, 11) is 0. The third-order valence-corrected chi connectivity index (χ3v) is 3.09. The molecular formula is C13H18OS. The highest BCUT2D eigenvalue weighted by atomic mass is 32.1. The summed E-state index contributed by atoms with van der Waals surface area (Å²) in [6.45, 7) is 3.83. The summed E-state index contributed by atoms with van der Waals surface area (Å²) in [6.07, 6.45) is 6.46. The fraction of sp³-hybridized carbons (Fsp3) is 0.462. The molecule has 0 fully saturated rings. The van der Waals surface area contributed by atoms with Crippen molar-refractivity contribution in [3.8, 4) is 0 Å². The Morgan fingerprint density at radius 3 is 2.80 bits per heavy atom. The molecule has 0 aliphatic heterocycles. The number of thiophene rings is 1. The van der Waals surface area contributed by atoms with Gasteiger partial charge in [0, 0.05) is 0 Å². The van der Waals surface area contributed by atoms with E-state index in [0.29, 0.717) is 0 Å². The van der Waals surface area contributed by atoms with Crippen LogP contribution in [0.4, 0.5) is 0 Å². The van der Waals surface area contributed by atoms with Crippen molar-refractivity contribution in [2.75, 3.05) is 0 Å². The Morgan fingerprint density at radius 1 is 1.47 bits per heavy atom. The van der Waals surface area contributed by atoms with Crippen LogP contribution in [-0.4, -0.2) is 5.78 Å². The van der Waals surface area contributed by atoms with E-state index in [0.717, 1.165) is 24.0 Å². The highest BCUT2D eigenvalue weighted by Gasteiger charge is 2.03. The normalized spacial score (nSPS) is 11.7. The van der Waals surface area contributed by atoms with Crippen molar-refractivity contribution in [1.82, 2.24) is 0 Å². The van der Waals surface area contributed by atoms with Crippen LogP contribution in [0, 0.1) is 0 Å². The number of rotatable bonds is 6. The minimum absolute atomic E-state index is 0.206. The van der Waals surface area contributed by atoms with Crippen molar-refractivity contribution < 1.29 is 4.79 Å². The molecule has 82 valence electrons. The Balaban J connectivity index is 2.61. The number of carbonyl (C=O) groups excluding carboxylic acids is 1. The van der Waals surface area contributed by atoms with Crippen LogP contribution in [0.2, 0.25) is 0 Å². The van der Waals surface area contributed by atoms with E-state index in [1.165, 1.54) is 12.8 Å². The molecule has 0 saturated carbocycles.